The minimum absolute atomic E-state index is 0.484. The molecule has 0 aromatic rings. The van der Waals surface area contributed by atoms with Crippen molar-refractivity contribution in [2.45, 2.75) is 71.8 Å². The molecule has 0 aliphatic heterocycles. The minimum Gasteiger partial charge on any atom is -0.314 e. The molecule has 0 aromatic carbocycles. The molecule has 98 valence electrons. The van der Waals surface area contributed by atoms with Gasteiger partial charge in [-0.1, -0.05) is 27.2 Å². The van der Waals surface area contributed by atoms with Gasteiger partial charge in [-0.2, -0.15) is 0 Å². The molecule has 1 rings (SSSR count). The van der Waals surface area contributed by atoms with Crippen molar-refractivity contribution >= 4 is 0 Å². The molecule has 2 atom stereocenters. The van der Waals surface area contributed by atoms with Gasteiger partial charge >= 0.3 is 0 Å². The van der Waals surface area contributed by atoms with Crippen LogP contribution in [0, 0.1) is 23.7 Å². The maximum Gasteiger partial charge on any atom is 0.00981 e. The summed E-state index contributed by atoms with van der Waals surface area (Å²) >= 11 is 0. The van der Waals surface area contributed by atoms with Crippen LogP contribution in [-0.4, -0.2) is 12.6 Å². The third-order valence-electron chi connectivity index (χ3n) is 4.12. The minimum atomic E-state index is 0.484. The molecule has 0 heterocycles. The van der Waals surface area contributed by atoms with E-state index in [1.54, 1.807) is 0 Å². The van der Waals surface area contributed by atoms with Crippen LogP contribution < -0.4 is 5.32 Å². The highest BCUT2D eigenvalue weighted by Gasteiger charge is 2.27. The summed E-state index contributed by atoms with van der Waals surface area (Å²) in [6.07, 6.45) is 14.2. The predicted octanol–water partition coefficient (Wildman–Crippen LogP) is 3.98. The maximum atomic E-state index is 5.26. The average Bonchev–Trinajstić information content (AvgIpc) is 2.49. The maximum absolute atomic E-state index is 5.26. The Hall–Kier alpha value is -0.480. The lowest BCUT2D eigenvalue weighted by molar-refractivity contribution is 0.213. The van der Waals surface area contributed by atoms with E-state index in [2.05, 4.69) is 32.0 Å². The summed E-state index contributed by atoms with van der Waals surface area (Å²) < 4.78 is 0. The molecule has 1 saturated carbocycles. The lowest BCUT2D eigenvalue weighted by Gasteiger charge is -2.29. The molecular weight excluding hydrogens is 206 g/mol. The van der Waals surface area contributed by atoms with Crippen LogP contribution in [0.4, 0.5) is 0 Å². The number of terminal acetylenes is 1. The molecule has 1 nitrogen and oxygen atoms in total. The van der Waals surface area contributed by atoms with Crippen molar-refractivity contribution in [2.24, 2.45) is 11.3 Å². The first kappa shape index (κ1) is 14.6. The second-order valence-electron chi connectivity index (χ2n) is 6.53. The summed E-state index contributed by atoms with van der Waals surface area (Å²) in [6, 6.07) is 0.736. The lowest BCUT2D eigenvalue weighted by atomic mass is 9.76. The van der Waals surface area contributed by atoms with Crippen molar-refractivity contribution in [3.8, 4) is 12.3 Å². The van der Waals surface area contributed by atoms with Crippen LogP contribution in [0.5, 0.6) is 0 Å². The van der Waals surface area contributed by atoms with Crippen molar-refractivity contribution in [3.05, 3.63) is 0 Å². The quantitative estimate of drug-likeness (QED) is 0.441. The average molecular weight is 235 g/mol. The fourth-order valence-electron chi connectivity index (χ4n) is 2.87. The molecule has 0 amide bonds. The van der Waals surface area contributed by atoms with Crippen molar-refractivity contribution in [1.82, 2.24) is 5.32 Å². The molecule has 1 aliphatic carbocycles. The number of rotatable bonds is 4. The summed E-state index contributed by atoms with van der Waals surface area (Å²) in [5.41, 5.74) is 0.484. The van der Waals surface area contributed by atoms with Gasteiger partial charge in [-0.25, -0.2) is 0 Å². The summed E-state index contributed by atoms with van der Waals surface area (Å²) in [5, 5.41) is 3.67. The highest BCUT2D eigenvalue weighted by Crippen LogP contribution is 2.36. The standard InChI is InChI=1S/C16H29N/c1-5-6-7-13-17-15-10-8-9-14(11-12-15)16(2,3)4/h1,14-15,17H,6-13H2,2-4H3. The second-order valence-corrected chi connectivity index (χ2v) is 6.53. The molecule has 0 bridgehead atoms. The number of unbranched alkanes of at least 4 members (excludes halogenated alkanes) is 1. The first-order valence-corrected chi connectivity index (χ1v) is 7.21. The van der Waals surface area contributed by atoms with E-state index in [0.717, 1.165) is 31.3 Å². The first-order chi connectivity index (χ1) is 8.04. The molecule has 2 unspecified atom stereocenters. The van der Waals surface area contributed by atoms with Crippen LogP contribution in [0.3, 0.4) is 0 Å². The van der Waals surface area contributed by atoms with Crippen LogP contribution in [0.25, 0.3) is 0 Å². The highest BCUT2D eigenvalue weighted by molar-refractivity contribution is 4.84. The summed E-state index contributed by atoms with van der Waals surface area (Å²) in [7, 11) is 0. The normalized spacial score (nSPS) is 26.2. The Kier molecular flexibility index (Phi) is 6.06. The van der Waals surface area contributed by atoms with Gasteiger partial charge in [0.25, 0.3) is 0 Å². The van der Waals surface area contributed by atoms with E-state index in [1.807, 2.05) is 0 Å². The highest BCUT2D eigenvalue weighted by atomic mass is 14.9. The van der Waals surface area contributed by atoms with Crippen LogP contribution in [-0.2, 0) is 0 Å². The third-order valence-corrected chi connectivity index (χ3v) is 4.12. The van der Waals surface area contributed by atoms with Crippen molar-refractivity contribution in [3.63, 3.8) is 0 Å². The van der Waals surface area contributed by atoms with Crippen LogP contribution in [0.15, 0.2) is 0 Å². The van der Waals surface area contributed by atoms with Gasteiger partial charge in [0.05, 0.1) is 0 Å². The van der Waals surface area contributed by atoms with E-state index in [1.165, 1.54) is 32.1 Å². The van der Waals surface area contributed by atoms with E-state index in [-0.39, 0.29) is 0 Å². The van der Waals surface area contributed by atoms with E-state index in [4.69, 9.17) is 6.42 Å². The van der Waals surface area contributed by atoms with Gasteiger partial charge < -0.3 is 5.32 Å². The number of hydrogen-bond acceptors (Lipinski definition) is 1. The Morgan fingerprint density at radius 3 is 2.59 bits per heavy atom. The molecule has 17 heavy (non-hydrogen) atoms. The van der Waals surface area contributed by atoms with Gasteiger partial charge in [0, 0.05) is 12.5 Å². The second kappa shape index (κ2) is 7.07. The van der Waals surface area contributed by atoms with Gasteiger partial charge in [0.1, 0.15) is 0 Å². The molecule has 1 N–H and O–H groups in total. The molecule has 1 aliphatic rings. The van der Waals surface area contributed by atoms with Crippen molar-refractivity contribution in [2.75, 3.05) is 6.54 Å². The smallest absolute Gasteiger partial charge is 0.00981 e. The predicted molar refractivity (Wildman–Crippen MR) is 75.9 cm³/mol. The van der Waals surface area contributed by atoms with Gasteiger partial charge in [-0.15, -0.1) is 12.3 Å². The van der Waals surface area contributed by atoms with Crippen molar-refractivity contribution < 1.29 is 0 Å². The van der Waals surface area contributed by atoms with Crippen LogP contribution in [0.1, 0.15) is 65.7 Å². The molecule has 0 saturated heterocycles. The third kappa shape index (κ3) is 5.59. The van der Waals surface area contributed by atoms with Gasteiger partial charge in [0.2, 0.25) is 0 Å². The topological polar surface area (TPSA) is 12.0 Å². The Morgan fingerprint density at radius 2 is 1.94 bits per heavy atom. The van der Waals surface area contributed by atoms with E-state index < -0.39 is 0 Å². The van der Waals surface area contributed by atoms with E-state index >= 15 is 0 Å². The molecule has 1 fully saturated rings. The monoisotopic (exact) mass is 235 g/mol. The summed E-state index contributed by atoms with van der Waals surface area (Å²) in [5.74, 6) is 3.61. The zero-order valence-electron chi connectivity index (χ0n) is 11.9. The van der Waals surface area contributed by atoms with Gasteiger partial charge in [-0.05, 0) is 50.0 Å². The Morgan fingerprint density at radius 1 is 1.18 bits per heavy atom. The van der Waals surface area contributed by atoms with E-state index in [9.17, 15) is 0 Å². The summed E-state index contributed by atoms with van der Waals surface area (Å²) in [6.45, 7) is 8.25. The molecular formula is C16H29N. The molecule has 1 heteroatoms. The SMILES string of the molecule is C#CCCCNC1CCCC(C(C)(C)C)CC1. The largest absolute Gasteiger partial charge is 0.314 e. The van der Waals surface area contributed by atoms with E-state index in [0.29, 0.717) is 5.41 Å². The Balaban J connectivity index is 2.26. The molecule has 0 radical (unpaired) electrons. The lowest BCUT2D eigenvalue weighted by Crippen LogP contribution is -2.29. The molecule has 0 aromatic heterocycles. The Bertz CT molecular complexity index is 243. The Labute approximate surface area is 108 Å². The zero-order valence-corrected chi connectivity index (χ0v) is 11.9. The fraction of sp³-hybridized carbons (Fsp3) is 0.875. The number of nitrogens with one attached hydrogen (secondary N) is 1. The van der Waals surface area contributed by atoms with Crippen molar-refractivity contribution in [1.29, 1.82) is 0 Å². The van der Waals surface area contributed by atoms with Crippen LogP contribution >= 0.6 is 0 Å². The summed E-state index contributed by atoms with van der Waals surface area (Å²) in [4.78, 5) is 0. The number of hydrogen-bond donors (Lipinski definition) is 1. The van der Waals surface area contributed by atoms with Gasteiger partial charge in [0.15, 0.2) is 0 Å². The fourth-order valence-corrected chi connectivity index (χ4v) is 2.87. The first-order valence-electron chi connectivity index (χ1n) is 7.21. The zero-order chi connectivity index (χ0) is 12.7. The van der Waals surface area contributed by atoms with Crippen LogP contribution in [0.2, 0.25) is 0 Å². The molecule has 0 spiro atoms. The van der Waals surface area contributed by atoms with Gasteiger partial charge in [-0.3, -0.25) is 0 Å².